The molecule has 154 valence electrons. The van der Waals surface area contributed by atoms with Gasteiger partial charge in [-0.1, -0.05) is 43.7 Å². The second kappa shape index (κ2) is 9.37. The van der Waals surface area contributed by atoms with Gasteiger partial charge in [-0.15, -0.1) is 0 Å². The van der Waals surface area contributed by atoms with Crippen LogP contribution in [-0.4, -0.2) is 31.2 Å². The molecule has 2 aromatic rings. The molecule has 0 radical (unpaired) electrons. The third kappa shape index (κ3) is 5.14. The Kier molecular flexibility index (Phi) is 6.87. The van der Waals surface area contributed by atoms with Gasteiger partial charge in [0.15, 0.2) is 0 Å². The van der Waals surface area contributed by atoms with Gasteiger partial charge < -0.3 is 5.32 Å². The molecule has 1 amide bonds. The van der Waals surface area contributed by atoms with Crippen LogP contribution < -0.4 is 5.32 Å². The molecule has 3 rings (SSSR count). The van der Waals surface area contributed by atoms with E-state index in [1.165, 1.54) is 0 Å². The summed E-state index contributed by atoms with van der Waals surface area (Å²) in [5.74, 6) is -0.216. The largest absolute Gasteiger partial charge is 0.322 e. The molecular weight excluding hydrogens is 384 g/mol. The number of carbonyl (C=O) groups is 1. The van der Waals surface area contributed by atoms with E-state index in [-0.39, 0.29) is 16.8 Å². The lowest BCUT2D eigenvalue weighted by molar-refractivity contribution is -0.112. The molecule has 0 saturated carbocycles. The van der Waals surface area contributed by atoms with Crippen molar-refractivity contribution in [3.05, 3.63) is 65.7 Å². The number of piperidine rings is 1. The maximum Gasteiger partial charge on any atom is 0.251 e. The standard InChI is InChI=1S/C23H28N2O3S/c1-3-21-11-7-8-16-25(21)29(27,28)22-14-12-20(13-15-22)24-23(26)18(2)17-19-9-5-4-6-10-19/h4-6,9-10,12-15,17,21H,3,7-8,11,16H2,1-2H3,(H,24,26)/b18-17+. The molecule has 1 fully saturated rings. The molecule has 1 heterocycles. The quantitative estimate of drug-likeness (QED) is 0.701. The van der Waals surface area contributed by atoms with Gasteiger partial charge in [0, 0.05) is 23.8 Å². The number of nitrogens with zero attached hydrogens (tertiary/aromatic N) is 1. The van der Waals surface area contributed by atoms with Gasteiger partial charge >= 0.3 is 0 Å². The van der Waals surface area contributed by atoms with Crippen molar-refractivity contribution >= 4 is 27.7 Å². The van der Waals surface area contributed by atoms with E-state index in [9.17, 15) is 13.2 Å². The SMILES string of the molecule is CCC1CCCCN1S(=O)(=O)c1ccc(NC(=O)/C(C)=C/c2ccccc2)cc1. The van der Waals surface area contributed by atoms with E-state index in [2.05, 4.69) is 5.32 Å². The van der Waals surface area contributed by atoms with Gasteiger partial charge in [-0.25, -0.2) is 8.42 Å². The fraction of sp³-hybridized carbons (Fsp3) is 0.348. The number of sulfonamides is 1. The first-order chi connectivity index (χ1) is 13.9. The first-order valence-corrected chi connectivity index (χ1v) is 11.5. The molecular formula is C23H28N2O3S. The zero-order chi connectivity index (χ0) is 20.9. The summed E-state index contributed by atoms with van der Waals surface area (Å²) in [6.45, 7) is 4.35. The zero-order valence-electron chi connectivity index (χ0n) is 17.0. The van der Waals surface area contributed by atoms with Crippen LogP contribution in [0.25, 0.3) is 6.08 Å². The highest BCUT2D eigenvalue weighted by molar-refractivity contribution is 7.89. The van der Waals surface area contributed by atoms with Crippen LogP contribution in [0.5, 0.6) is 0 Å². The third-order valence-electron chi connectivity index (χ3n) is 5.30. The van der Waals surface area contributed by atoms with E-state index in [4.69, 9.17) is 0 Å². The third-order valence-corrected chi connectivity index (χ3v) is 7.27. The fourth-order valence-corrected chi connectivity index (χ4v) is 5.41. The van der Waals surface area contributed by atoms with Crippen LogP contribution in [-0.2, 0) is 14.8 Å². The molecule has 0 spiro atoms. The molecule has 0 aliphatic carbocycles. The summed E-state index contributed by atoms with van der Waals surface area (Å²) in [7, 11) is -3.52. The maximum absolute atomic E-state index is 13.0. The Morgan fingerprint density at radius 2 is 1.79 bits per heavy atom. The Balaban J connectivity index is 1.71. The number of hydrogen-bond donors (Lipinski definition) is 1. The van der Waals surface area contributed by atoms with Crippen LogP contribution in [0, 0.1) is 0 Å². The van der Waals surface area contributed by atoms with Crippen molar-refractivity contribution in [2.24, 2.45) is 0 Å². The first kappa shape index (κ1) is 21.3. The van der Waals surface area contributed by atoms with E-state index in [1.54, 1.807) is 35.5 Å². The van der Waals surface area contributed by atoms with E-state index >= 15 is 0 Å². The van der Waals surface area contributed by atoms with Gasteiger partial charge in [0.05, 0.1) is 4.90 Å². The number of anilines is 1. The highest BCUT2D eigenvalue weighted by Crippen LogP contribution is 2.27. The van der Waals surface area contributed by atoms with Gasteiger partial charge in [0.25, 0.3) is 5.91 Å². The molecule has 1 atom stereocenters. The molecule has 2 aromatic carbocycles. The number of benzene rings is 2. The monoisotopic (exact) mass is 412 g/mol. The van der Waals surface area contributed by atoms with Crippen LogP contribution in [0.1, 0.15) is 45.1 Å². The highest BCUT2D eigenvalue weighted by atomic mass is 32.2. The predicted molar refractivity (Wildman–Crippen MR) is 117 cm³/mol. The Labute approximate surface area is 173 Å². The van der Waals surface area contributed by atoms with Crippen molar-refractivity contribution in [2.45, 2.75) is 50.5 Å². The summed E-state index contributed by atoms with van der Waals surface area (Å²) in [6, 6.07) is 16.1. The van der Waals surface area contributed by atoms with Gasteiger partial charge in [-0.3, -0.25) is 4.79 Å². The van der Waals surface area contributed by atoms with Crippen molar-refractivity contribution in [3.8, 4) is 0 Å². The molecule has 5 nitrogen and oxygen atoms in total. The summed E-state index contributed by atoms with van der Waals surface area (Å²) >= 11 is 0. The average molecular weight is 413 g/mol. The summed E-state index contributed by atoms with van der Waals surface area (Å²) in [5.41, 5.74) is 2.10. The van der Waals surface area contributed by atoms with Crippen LogP contribution in [0.3, 0.4) is 0 Å². The summed E-state index contributed by atoms with van der Waals surface area (Å²) in [4.78, 5) is 12.7. The second-order valence-corrected chi connectivity index (χ2v) is 9.28. The molecule has 6 heteroatoms. The van der Waals surface area contributed by atoms with Gasteiger partial charge in [-0.2, -0.15) is 4.31 Å². The molecule has 1 saturated heterocycles. The van der Waals surface area contributed by atoms with E-state index < -0.39 is 10.0 Å². The highest BCUT2D eigenvalue weighted by Gasteiger charge is 2.32. The molecule has 1 N–H and O–H groups in total. The Morgan fingerprint density at radius 1 is 1.10 bits per heavy atom. The molecule has 1 aliphatic rings. The minimum Gasteiger partial charge on any atom is -0.322 e. The first-order valence-electron chi connectivity index (χ1n) is 10.1. The molecule has 0 aromatic heterocycles. The lowest BCUT2D eigenvalue weighted by atomic mass is 10.0. The van der Waals surface area contributed by atoms with Crippen LogP contribution in [0.2, 0.25) is 0 Å². The van der Waals surface area contributed by atoms with E-state index in [0.29, 0.717) is 17.8 Å². The lowest BCUT2D eigenvalue weighted by Gasteiger charge is -2.34. The maximum atomic E-state index is 13.0. The number of hydrogen-bond acceptors (Lipinski definition) is 3. The molecule has 1 aliphatic heterocycles. The van der Waals surface area contributed by atoms with E-state index in [0.717, 1.165) is 31.2 Å². The minimum atomic E-state index is -3.52. The summed E-state index contributed by atoms with van der Waals surface area (Å²) in [6.07, 6.45) is 5.52. The second-order valence-electron chi connectivity index (χ2n) is 7.39. The van der Waals surface area contributed by atoms with Gasteiger partial charge in [-0.05, 0) is 62.1 Å². The summed E-state index contributed by atoms with van der Waals surface area (Å²) < 4.78 is 27.7. The van der Waals surface area contributed by atoms with Crippen LogP contribution >= 0.6 is 0 Å². The smallest absolute Gasteiger partial charge is 0.251 e. The molecule has 1 unspecified atom stereocenters. The number of rotatable bonds is 6. The molecule has 0 bridgehead atoms. The topological polar surface area (TPSA) is 66.5 Å². The van der Waals surface area contributed by atoms with Crippen molar-refractivity contribution in [1.29, 1.82) is 0 Å². The van der Waals surface area contributed by atoms with Crippen molar-refractivity contribution in [3.63, 3.8) is 0 Å². The Morgan fingerprint density at radius 3 is 2.45 bits per heavy atom. The van der Waals surface area contributed by atoms with Crippen molar-refractivity contribution < 1.29 is 13.2 Å². The predicted octanol–water partition coefficient (Wildman–Crippen LogP) is 4.68. The fourth-order valence-electron chi connectivity index (χ4n) is 3.64. The molecule has 29 heavy (non-hydrogen) atoms. The zero-order valence-corrected chi connectivity index (χ0v) is 17.8. The lowest BCUT2D eigenvalue weighted by Crippen LogP contribution is -2.43. The average Bonchev–Trinajstić information content (AvgIpc) is 2.74. The minimum absolute atomic E-state index is 0.0684. The van der Waals surface area contributed by atoms with Gasteiger partial charge in [0.2, 0.25) is 10.0 Å². The number of amides is 1. The van der Waals surface area contributed by atoms with E-state index in [1.807, 2.05) is 43.3 Å². The number of nitrogens with one attached hydrogen (secondary N) is 1. The van der Waals surface area contributed by atoms with Crippen molar-refractivity contribution in [1.82, 2.24) is 4.31 Å². The van der Waals surface area contributed by atoms with Crippen LogP contribution in [0.4, 0.5) is 5.69 Å². The number of carbonyl (C=O) groups excluding carboxylic acids is 1. The van der Waals surface area contributed by atoms with Gasteiger partial charge in [0.1, 0.15) is 0 Å². The normalized spacial score (nSPS) is 18.4. The Bertz CT molecular complexity index is 967. The summed E-state index contributed by atoms with van der Waals surface area (Å²) in [5, 5.41) is 2.82. The Hall–Kier alpha value is -2.44. The van der Waals surface area contributed by atoms with Crippen molar-refractivity contribution in [2.75, 3.05) is 11.9 Å². The van der Waals surface area contributed by atoms with Crippen LogP contribution in [0.15, 0.2) is 65.1 Å².